The first-order chi connectivity index (χ1) is 12.9. The van der Waals surface area contributed by atoms with Crippen LogP contribution in [0.3, 0.4) is 0 Å². The minimum Gasteiger partial charge on any atom is -0.307 e. The third-order valence-electron chi connectivity index (χ3n) is 3.66. The van der Waals surface area contributed by atoms with Gasteiger partial charge in [0.1, 0.15) is 12.1 Å². The highest BCUT2D eigenvalue weighted by Crippen LogP contribution is 2.14. The topological polar surface area (TPSA) is 116 Å². The van der Waals surface area contributed by atoms with Gasteiger partial charge < -0.3 is 5.32 Å². The second-order valence-electron chi connectivity index (χ2n) is 5.77. The lowest BCUT2D eigenvalue weighted by molar-refractivity contribution is -0.384. The molecule has 0 fully saturated rings. The Hall–Kier alpha value is -3.88. The molecule has 0 spiro atoms. The quantitative estimate of drug-likeness (QED) is 0.423. The molecule has 0 aliphatic heterocycles. The van der Waals surface area contributed by atoms with Crippen LogP contribution < -0.4 is 5.32 Å². The van der Waals surface area contributed by atoms with Gasteiger partial charge in [-0.25, -0.2) is 14.6 Å². The average Bonchev–Trinajstić information content (AvgIpc) is 2.99. The minimum atomic E-state index is -0.476. The summed E-state index contributed by atoms with van der Waals surface area (Å²) in [6, 6.07) is 9.43. The van der Waals surface area contributed by atoms with Crippen LogP contribution in [0.1, 0.15) is 17.0 Å². The first kappa shape index (κ1) is 17.9. The Labute approximate surface area is 154 Å². The zero-order chi connectivity index (χ0) is 19.4. The predicted octanol–water partition coefficient (Wildman–Crippen LogP) is 2.84. The fourth-order valence-corrected chi connectivity index (χ4v) is 2.44. The molecule has 0 atom stereocenters. The number of nitrogens with one attached hydrogen (secondary N) is 1. The Balaban J connectivity index is 1.70. The van der Waals surface area contributed by atoms with Gasteiger partial charge in [0.2, 0.25) is 5.91 Å². The summed E-state index contributed by atoms with van der Waals surface area (Å²) in [6.45, 7) is 3.80. The molecule has 2 aromatic heterocycles. The molecular weight excluding hydrogens is 348 g/mol. The fourth-order valence-electron chi connectivity index (χ4n) is 2.44. The minimum absolute atomic E-state index is 0.00531. The van der Waals surface area contributed by atoms with E-state index in [9.17, 15) is 14.9 Å². The number of nitro groups is 1. The van der Waals surface area contributed by atoms with Gasteiger partial charge in [0.05, 0.1) is 10.6 Å². The van der Waals surface area contributed by atoms with E-state index in [1.54, 1.807) is 29.0 Å². The van der Waals surface area contributed by atoms with Crippen molar-refractivity contribution >= 4 is 23.5 Å². The van der Waals surface area contributed by atoms with Crippen LogP contribution in [0, 0.1) is 24.0 Å². The molecule has 0 saturated heterocycles. The molecule has 0 aliphatic rings. The van der Waals surface area contributed by atoms with Gasteiger partial charge in [-0.1, -0.05) is 0 Å². The van der Waals surface area contributed by atoms with Crippen LogP contribution in [0.4, 0.5) is 11.5 Å². The van der Waals surface area contributed by atoms with Crippen LogP contribution in [-0.4, -0.2) is 30.6 Å². The van der Waals surface area contributed by atoms with E-state index in [0.29, 0.717) is 17.2 Å². The van der Waals surface area contributed by atoms with Crippen LogP contribution >= 0.6 is 0 Å². The van der Waals surface area contributed by atoms with Gasteiger partial charge in [-0.05, 0) is 43.7 Å². The third-order valence-corrected chi connectivity index (χ3v) is 3.66. The molecule has 1 N–H and O–H groups in total. The number of benzene rings is 1. The van der Waals surface area contributed by atoms with E-state index in [1.165, 1.54) is 24.5 Å². The van der Waals surface area contributed by atoms with Gasteiger partial charge in [0.15, 0.2) is 5.82 Å². The Morgan fingerprint density at radius 2 is 1.93 bits per heavy atom. The summed E-state index contributed by atoms with van der Waals surface area (Å²) < 4.78 is 1.67. The van der Waals surface area contributed by atoms with Crippen molar-refractivity contribution in [3.05, 3.63) is 75.9 Å². The van der Waals surface area contributed by atoms with Gasteiger partial charge in [0, 0.05) is 30.0 Å². The lowest BCUT2D eigenvalue weighted by atomic mass is 10.2. The largest absolute Gasteiger partial charge is 0.307 e. The molecule has 1 amide bonds. The first-order valence-electron chi connectivity index (χ1n) is 8.01. The van der Waals surface area contributed by atoms with Crippen LogP contribution in [0.5, 0.6) is 0 Å². The molecule has 1 aromatic carbocycles. The second-order valence-corrected chi connectivity index (χ2v) is 5.77. The molecule has 3 rings (SSSR count). The summed E-state index contributed by atoms with van der Waals surface area (Å²) in [6.07, 6.45) is 4.23. The lowest BCUT2D eigenvalue weighted by Gasteiger charge is -2.05. The van der Waals surface area contributed by atoms with Crippen molar-refractivity contribution in [2.75, 3.05) is 5.32 Å². The number of hydrogen-bond acceptors (Lipinski definition) is 6. The summed E-state index contributed by atoms with van der Waals surface area (Å²) in [5.74, 6) is 0.502. The summed E-state index contributed by atoms with van der Waals surface area (Å²) >= 11 is 0. The van der Waals surface area contributed by atoms with E-state index in [2.05, 4.69) is 20.4 Å². The molecule has 0 unspecified atom stereocenters. The van der Waals surface area contributed by atoms with Crippen molar-refractivity contribution in [1.82, 2.24) is 19.7 Å². The summed E-state index contributed by atoms with van der Waals surface area (Å²) in [5.41, 5.74) is 2.44. The summed E-state index contributed by atoms with van der Waals surface area (Å²) in [5, 5.41) is 17.6. The monoisotopic (exact) mass is 364 g/mol. The lowest BCUT2D eigenvalue weighted by Crippen LogP contribution is -2.11. The highest BCUT2D eigenvalue weighted by molar-refractivity contribution is 6.01. The first-order valence-corrected chi connectivity index (χ1v) is 8.01. The highest BCUT2D eigenvalue weighted by atomic mass is 16.6. The highest BCUT2D eigenvalue weighted by Gasteiger charge is 2.08. The standard InChI is InChI=1S/C18H16N6O3/c1-12-9-13(2)23(22-12)17-10-16(19-11-20-17)21-18(25)8-5-14-3-6-15(7-4-14)24(26)27/h3-11H,1-2H3,(H,19,20,21,25)/b8-5+. The zero-order valence-electron chi connectivity index (χ0n) is 14.7. The number of hydrogen-bond donors (Lipinski definition) is 1. The van der Waals surface area contributed by atoms with Crippen LogP contribution in [0.2, 0.25) is 0 Å². The Kier molecular flexibility index (Phi) is 5.02. The van der Waals surface area contributed by atoms with Crippen LogP contribution in [-0.2, 0) is 4.79 Å². The number of amides is 1. The van der Waals surface area contributed by atoms with E-state index in [0.717, 1.165) is 11.4 Å². The maximum atomic E-state index is 12.1. The molecule has 9 heteroatoms. The Bertz CT molecular complexity index is 1020. The molecule has 136 valence electrons. The maximum Gasteiger partial charge on any atom is 0.269 e. The zero-order valence-corrected chi connectivity index (χ0v) is 14.7. The number of aryl methyl sites for hydroxylation is 2. The van der Waals surface area contributed by atoms with Crippen molar-refractivity contribution in [1.29, 1.82) is 0 Å². The predicted molar refractivity (Wildman–Crippen MR) is 99.4 cm³/mol. The molecule has 3 aromatic rings. The number of non-ortho nitro benzene ring substituents is 1. The Morgan fingerprint density at radius 1 is 1.19 bits per heavy atom. The van der Waals surface area contributed by atoms with Crippen molar-refractivity contribution < 1.29 is 9.72 Å². The molecular formula is C18H16N6O3. The third kappa shape index (κ3) is 4.40. The van der Waals surface area contributed by atoms with E-state index in [4.69, 9.17) is 0 Å². The second kappa shape index (κ2) is 7.56. The number of rotatable bonds is 5. The van der Waals surface area contributed by atoms with E-state index < -0.39 is 4.92 Å². The smallest absolute Gasteiger partial charge is 0.269 e. The van der Waals surface area contributed by atoms with E-state index in [-0.39, 0.29) is 11.6 Å². The number of carbonyl (C=O) groups is 1. The molecule has 0 saturated carbocycles. The Morgan fingerprint density at radius 3 is 2.56 bits per heavy atom. The molecule has 2 heterocycles. The normalized spacial score (nSPS) is 10.9. The van der Waals surface area contributed by atoms with Gasteiger partial charge in [-0.2, -0.15) is 5.10 Å². The molecule has 27 heavy (non-hydrogen) atoms. The van der Waals surface area contributed by atoms with Crippen LogP contribution in [0.25, 0.3) is 11.9 Å². The number of aromatic nitrogens is 4. The van der Waals surface area contributed by atoms with Gasteiger partial charge in [0.25, 0.3) is 5.69 Å². The maximum absolute atomic E-state index is 12.1. The fraction of sp³-hybridized carbons (Fsp3) is 0.111. The molecule has 0 radical (unpaired) electrons. The SMILES string of the molecule is Cc1cc(C)n(-c2cc(NC(=O)/C=C/c3ccc([N+](=O)[O-])cc3)ncn2)n1. The number of anilines is 1. The summed E-state index contributed by atoms with van der Waals surface area (Å²) in [4.78, 5) is 30.5. The van der Waals surface area contributed by atoms with Crippen molar-refractivity contribution in [3.8, 4) is 5.82 Å². The van der Waals surface area contributed by atoms with Crippen LogP contribution in [0.15, 0.2) is 48.8 Å². The summed E-state index contributed by atoms with van der Waals surface area (Å²) in [7, 11) is 0. The average molecular weight is 364 g/mol. The van der Waals surface area contributed by atoms with E-state index in [1.807, 2.05) is 19.9 Å². The van der Waals surface area contributed by atoms with Crippen molar-refractivity contribution in [2.24, 2.45) is 0 Å². The number of nitrogens with zero attached hydrogens (tertiary/aromatic N) is 5. The van der Waals surface area contributed by atoms with Gasteiger partial charge in [-0.3, -0.25) is 14.9 Å². The van der Waals surface area contributed by atoms with Crippen molar-refractivity contribution in [3.63, 3.8) is 0 Å². The van der Waals surface area contributed by atoms with Crippen molar-refractivity contribution in [2.45, 2.75) is 13.8 Å². The number of nitro benzene ring substituents is 1. The van der Waals surface area contributed by atoms with E-state index >= 15 is 0 Å². The van der Waals surface area contributed by atoms with Gasteiger partial charge in [-0.15, -0.1) is 0 Å². The van der Waals surface area contributed by atoms with Gasteiger partial charge >= 0.3 is 0 Å². The number of carbonyl (C=O) groups excluding carboxylic acids is 1. The molecule has 0 bridgehead atoms. The molecule has 9 nitrogen and oxygen atoms in total. The molecule has 0 aliphatic carbocycles.